The average molecular weight is 385 g/mol. The molecule has 0 aliphatic heterocycles. The summed E-state index contributed by atoms with van der Waals surface area (Å²) in [6, 6.07) is 8.81. The molecule has 0 aliphatic carbocycles. The van der Waals surface area contributed by atoms with Gasteiger partial charge in [-0.2, -0.15) is 0 Å². The molecule has 0 unspecified atom stereocenters. The molecule has 0 saturated heterocycles. The van der Waals surface area contributed by atoms with Gasteiger partial charge in [0.25, 0.3) is 5.91 Å². The third-order valence-corrected chi connectivity index (χ3v) is 4.01. The van der Waals surface area contributed by atoms with Gasteiger partial charge >= 0.3 is 0 Å². The molecule has 2 aromatic rings. The van der Waals surface area contributed by atoms with E-state index in [1.807, 2.05) is 25.1 Å². The van der Waals surface area contributed by atoms with E-state index in [0.717, 1.165) is 10.0 Å². The molecule has 22 heavy (non-hydrogen) atoms. The van der Waals surface area contributed by atoms with Gasteiger partial charge in [0.05, 0.1) is 24.9 Å². The molecule has 4 nitrogen and oxygen atoms in total. The summed E-state index contributed by atoms with van der Waals surface area (Å²) in [6.07, 6.45) is 0. The summed E-state index contributed by atoms with van der Waals surface area (Å²) in [5.41, 5.74) is 2.16. The standard InChI is InChI=1S/C16H15BrClNO3/c1-9-4-5-13(11(17)6-9)19-16(20)10-7-12(18)15(22-3)14(8-10)21-2/h4-8H,1-3H3,(H,19,20). The van der Waals surface area contributed by atoms with Crippen molar-refractivity contribution in [2.45, 2.75) is 6.92 Å². The molecule has 0 heterocycles. The number of carbonyl (C=O) groups excluding carboxylic acids is 1. The molecule has 0 spiro atoms. The van der Waals surface area contributed by atoms with Crippen LogP contribution in [0.3, 0.4) is 0 Å². The lowest BCUT2D eigenvalue weighted by Gasteiger charge is -2.12. The third kappa shape index (κ3) is 3.54. The molecule has 0 bridgehead atoms. The largest absolute Gasteiger partial charge is 0.493 e. The topological polar surface area (TPSA) is 47.6 Å². The Morgan fingerprint density at radius 2 is 1.91 bits per heavy atom. The van der Waals surface area contributed by atoms with Gasteiger partial charge in [0, 0.05) is 10.0 Å². The molecule has 0 saturated carbocycles. The Balaban J connectivity index is 2.31. The molecule has 0 radical (unpaired) electrons. The number of hydrogen-bond acceptors (Lipinski definition) is 3. The Kier molecular flexibility index (Phi) is 5.32. The van der Waals surface area contributed by atoms with Crippen molar-refractivity contribution in [1.82, 2.24) is 0 Å². The highest BCUT2D eigenvalue weighted by atomic mass is 79.9. The molecule has 2 aromatic carbocycles. The molecule has 2 rings (SSSR count). The van der Waals surface area contributed by atoms with E-state index in [0.29, 0.717) is 27.8 Å². The highest BCUT2D eigenvalue weighted by Gasteiger charge is 2.16. The second kappa shape index (κ2) is 7.03. The minimum Gasteiger partial charge on any atom is -0.493 e. The zero-order chi connectivity index (χ0) is 16.3. The van der Waals surface area contributed by atoms with Gasteiger partial charge in [-0.05, 0) is 52.7 Å². The van der Waals surface area contributed by atoms with Crippen LogP contribution in [-0.4, -0.2) is 20.1 Å². The fourth-order valence-electron chi connectivity index (χ4n) is 1.97. The first kappa shape index (κ1) is 16.6. The van der Waals surface area contributed by atoms with E-state index in [1.54, 1.807) is 12.1 Å². The van der Waals surface area contributed by atoms with Crippen molar-refractivity contribution in [1.29, 1.82) is 0 Å². The predicted octanol–water partition coefficient (Wildman–Crippen LogP) is 4.68. The summed E-state index contributed by atoms with van der Waals surface area (Å²) in [6.45, 7) is 1.98. The fourth-order valence-corrected chi connectivity index (χ4v) is 2.85. The first-order valence-corrected chi connectivity index (χ1v) is 7.62. The van der Waals surface area contributed by atoms with Crippen molar-refractivity contribution in [3.63, 3.8) is 0 Å². The van der Waals surface area contributed by atoms with Gasteiger partial charge in [-0.3, -0.25) is 4.79 Å². The van der Waals surface area contributed by atoms with Gasteiger partial charge in [0.1, 0.15) is 0 Å². The van der Waals surface area contributed by atoms with Crippen LogP contribution in [-0.2, 0) is 0 Å². The van der Waals surface area contributed by atoms with Gasteiger partial charge in [-0.1, -0.05) is 17.7 Å². The van der Waals surface area contributed by atoms with Gasteiger partial charge in [-0.15, -0.1) is 0 Å². The smallest absolute Gasteiger partial charge is 0.255 e. The lowest BCUT2D eigenvalue weighted by atomic mass is 10.1. The second-order valence-electron chi connectivity index (χ2n) is 4.63. The number of amides is 1. The van der Waals surface area contributed by atoms with Crippen molar-refractivity contribution in [3.8, 4) is 11.5 Å². The third-order valence-electron chi connectivity index (χ3n) is 3.07. The second-order valence-corrected chi connectivity index (χ2v) is 5.89. The van der Waals surface area contributed by atoms with Crippen LogP contribution in [0.5, 0.6) is 11.5 Å². The molecule has 1 amide bonds. The van der Waals surface area contributed by atoms with Crippen molar-refractivity contribution >= 4 is 39.1 Å². The number of ether oxygens (including phenoxy) is 2. The Bertz CT molecular complexity index is 719. The summed E-state index contributed by atoms with van der Waals surface area (Å²) in [5.74, 6) is 0.521. The number of methoxy groups -OCH3 is 2. The highest BCUT2D eigenvalue weighted by Crippen LogP contribution is 2.36. The van der Waals surface area contributed by atoms with Crippen LogP contribution < -0.4 is 14.8 Å². The monoisotopic (exact) mass is 383 g/mol. The van der Waals surface area contributed by atoms with Crippen LogP contribution in [0.2, 0.25) is 5.02 Å². The number of carbonyl (C=O) groups is 1. The van der Waals surface area contributed by atoms with E-state index in [1.165, 1.54) is 14.2 Å². The highest BCUT2D eigenvalue weighted by molar-refractivity contribution is 9.10. The summed E-state index contributed by atoms with van der Waals surface area (Å²) < 4.78 is 11.2. The number of benzene rings is 2. The first-order chi connectivity index (χ1) is 10.5. The van der Waals surface area contributed by atoms with Gasteiger partial charge in [0.15, 0.2) is 11.5 Å². The van der Waals surface area contributed by atoms with Crippen molar-refractivity contribution in [2.75, 3.05) is 19.5 Å². The Morgan fingerprint density at radius 1 is 1.18 bits per heavy atom. The molecule has 1 N–H and O–H groups in total. The van der Waals surface area contributed by atoms with Gasteiger partial charge in [-0.25, -0.2) is 0 Å². The summed E-state index contributed by atoms with van der Waals surface area (Å²) in [7, 11) is 2.99. The average Bonchev–Trinajstić information content (AvgIpc) is 2.49. The van der Waals surface area contributed by atoms with Gasteiger partial charge < -0.3 is 14.8 Å². The Labute approximate surface area is 142 Å². The summed E-state index contributed by atoms with van der Waals surface area (Å²) in [4.78, 5) is 12.4. The number of aryl methyl sites for hydroxylation is 1. The summed E-state index contributed by atoms with van der Waals surface area (Å²) in [5, 5.41) is 3.14. The van der Waals surface area contributed by atoms with Crippen LogP contribution in [0.1, 0.15) is 15.9 Å². The van der Waals surface area contributed by atoms with Crippen molar-refractivity contribution in [2.24, 2.45) is 0 Å². The number of halogens is 2. The van der Waals surface area contributed by atoms with E-state index in [2.05, 4.69) is 21.2 Å². The zero-order valence-corrected chi connectivity index (χ0v) is 14.7. The number of hydrogen-bond donors (Lipinski definition) is 1. The number of rotatable bonds is 4. The molecule has 0 aromatic heterocycles. The lowest BCUT2D eigenvalue weighted by Crippen LogP contribution is -2.12. The van der Waals surface area contributed by atoms with E-state index in [4.69, 9.17) is 21.1 Å². The van der Waals surface area contributed by atoms with E-state index < -0.39 is 0 Å². The SMILES string of the molecule is COc1cc(C(=O)Nc2ccc(C)cc2Br)cc(Cl)c1OC. The van der Waals surface area contributed by atoms with E-state index in [9.17, 15) is 4.79 Å². The maximum Gasteiger partial charge on any atom is 0.255 e. The van der Waals surface area contributed by atoms with Gasteiger partial charge in [0.2, 0.25) is 0 Å². The minimum absolute atomic E-state index is 0.285. The number of nitrogens with one attached hydrogen (secondary N) is 1. The van der Waals surface area contributed by atoms with E-state index in [-0.39, 0.29) is 5.91 Å². The van der Waals surface area contributed by atoms with Crippen molar-refractivity contribution in [3.05, 3.63) is 51.0 Å². The molecule has 116 valence electrons. The first-order valence-electron chi connectivity index (χ1n) is 6.45. The molecule has 0 aliphatic rings. The maximum atomic E-state index is 12.4. The van der Waals surface area contributed by atoms with E-state index >= 15 is 0 Å². The molecular formula is C16H15BrClNO3. The molecule has 6 heteroatoms. The Morgan fingerprint density at radius 3 is 2.50 bits per heavy atom. The lowest BCUT2D eigenvalue weighted by molar-refractivity contribution is 0.102. The summed E-state index contributed by atoms with van der Waals surface area (Å²) >= 11 is 9.55. The molecular weight excluding hydrogens is 370 g/mol. The van der Waals surface area contributed by atoms with Crippen LogP contribution in [0.4, 0.5) is 5.69 Å². The quantitative estimate of drug-likeness (QED) is 0.832. The fraction of sp³-hybridized carbons (Fsp3) is 0.188. The molecule has 0 fully saturated rings. The Hall–Kier alpha value is -1.72. The molecule has 0 atom stereocenters. The van der Waals surface area contributed by atoms with Crippen molar-refractivity contribution < 1.29 is 14.3 Å². The van der Waals surface area contributed by atoms with Crippen LogP contribution >= 0.6 is 27.5 Å². The maximum absolute atomic E-state index is 12.4. The zero-order valence-electron chi connectivity index (χ0n) is 12.4. The normalized spacial score (nSPS) is 10.2. The number of anilines is 1. The predicted molar refractivity (Wildman–Crippen MR) is 91.4 cm³/mol. The van der Waals surface area contributed by atoms with Crippen LogP contribution in [0.25, 0.3) is 0 Å². The van der Waals surface area contributed by atoms with Crippen LogP contribution in [0.15, 0.2) is 34.8 Å². The van der Waals surface area contributed by atoms with Crippen LogP contribution in [0, 0.1) is 6.92 Å². The minimum atomic E-state index is -0.285.